The Bertz CT molecular complexity index is 535. The third-order valence-electron chi connectivity index (χ3n) is 2.76. The Labute approximate surface area is 117 Å². The summed E-state index contributed by atoms with van der Waals surface area (Å²) >= 11 is 0. The second-order valence-corrected chi connectivity index (χ2v) is 4.70. The molecule has 108 valence electrons. The molecular formula is C13H19N5O2. The summed E-state index contributed by atoms with van der Waals surface area (Å²) in [5.41, 5.74) is 0. The number of amides is 1. The van der Waals surface area contributed by atoms with E-state index in [1.807, 2.05) is 16.9 Å². The van der Waals surface area contributed by atoms with Gasteiger partial charge in [0.1, 0.15) is 5.76 Å². The third-order valence-corrected chi connectivity index (χ3v) is 2.76. The lowest BCUT2D eigenvalue weighted by atomic mass is 10.3. The normalized spacial score (nSPS) is 12.3. The van der Waals surface area contributed by atoms with Crippen molar-refractivity contribution in [3.8, 4) is 0 Å². The molecule has 0 aliphatic carbocycles. The fourth-order valence-electron chi connectivity index (χ4n) is 1.82. The molecule has 0 aliphatic rings. The fraction of sp³-hybridized carbons (Fsp3) is 0.462. The van der Waals surface area contributed by atoms with Crippen LogP contribution in [0, 0.1) is 6.92 Å². The first kappa shape index (κ1) is 14.3. The van der Waals surface area contributed by atoms with E-state index in [0.717, 1.165) is 6.54 Å². The van der Waals surface area contributed by atoms with Crippen LogP contribution in [0.4, 0.5) is 5.82 Å². The summed E-state index contributed by atoms with van der Waals surface area (Å²) in [5.74, 6) is 1.04. The van der Waals surface area contributed by atoms with E-state index in [9.17, 15) is 4.79 Å². The topological polar surface area (TPSA) is 85.0 Å². The molecule has 0 radical (unpaired) electrons. The van der Waals surface area contributed by atoms with E-state index < -0.39 is 0 Å². The summed E-state index contributed by atoms with van der Waals surface area (Å²) in [6.07, 6.45) is 4.05. The molecule has 0 spiro atoms. The van der Waals surface area contributed by atoms with Crippen LogP contribution in [0.3, 0.4) is 0 Å². The van der Waals surface area contributed by atoms with Crippen molar-refractivity contribution >= 4 is 11.7 Å². The molecule has 0 aromatic carbocycles. The monoisotopic (exact) mass is 277 g/mol. The van der Waals surface area contributed by atoms with Crippen LogP contribution >= 0.6 is 0 Å². The molecule has 20 heavy (non-hydrogen) atoms. The van der Waals surface area contributed by atoms with Gasteiger partial charge in [-0.1, -0.05) is 5.16 Å². The lowest BCUT2D eigenvalue weighted by Gasteiger charge is -2.13. The summed E-state index contributed by atoms with van der Waals surface area (Å²) in [7, 11) is 0. The Hall–Kier alpha value is -2.15. The highest BCUT2D eigenvalue weighted by Gasteiger charge is 2.07. The maximum Gasteiger partial charge on any atom is 0.226 e. The van der Waals surface area contributed by atoms with Crippen molar-refractivity contribution in [2.24, 2.45) is 0 Å². The van der Waals surface area contributed by atoms with Gasteiger partial charge in [0.25, 0.3) is 0 Å². The zero-order chi connectivity index (χ0) is 14.4. The minimum absolute atomic E-state index is 0.0860. The fourth-order valence-corrected chi connectivity index (χ4v) is 1.82. The van der Waals surface area contributed by atoms with E-state index in [0.29, 0.717) is 24.5 Å². The SMILES string of the molecule is Cc1cc(NC(=O)CCNC(C)Cn2cccn2)no1. The highest BCUT2D eigenvalue weighted by Crippen LogP contribution is 2.06. The summed E-state index contributed by atoms with van der Waals surface area (Å²) in [6.45, 7) is 5.21. The third kappa shape index (κ3) is 4.51. The number of anilines is 1. The summed E-state index contributed by atoms with van der Waals surface area (Å²) < 4.78 is 6.73. The smallest absolute Gasteiger partial charge is 0.226 e. The summed E-state index contributed by atoms with van der Waals surface area (Å²) in [5, 5.41) is 13.8. The predicted octanol–water partition coefficient (Wildman–Crippen LogP) is 1.19. The highest BCUT2D eigenvalue weighted by atomic mass is 16.5. The van der Waals surface area contributed by atoms with Gasteiger partial charge in [-0.2, -0.15) is 5.10 Å². The van der Waals surface area contributed by atoms with E-state index in [4.69, 9.17) is 4.52 Å². The second kappa shape index (κ2) is 6.85. The van der Waals surface area contributed by atoms with Gasteiger partial charge in [-0.05, 0) is 19.9 Å². The number of carbonyl (C=O) groups excluding carboxylic acids is 1. The predicted molar refractivity (Wildman–Crippen MR) is 74.2 cm³/mol. The number of nitrogens with one attached hydrogen (secondary N) is 2. The van der Waals surface area contributed by atoms with Crippen molar-refractivity contribution in [3.05, 3.63) is 30.3 Å². The molecule has 2 rings (SSSR count). The van der Waals surface area contributed by atoms with Gasteiger partial charge in [0.05, 0.1) is 6.54 Å². The number of aromatic nitrogens is 3. The molecular weight excluding hydrogens is 258 g/mol. The van der Waals surface area contributed by atoms with E-state index in [2.05, 4.69) is 27.8 Å². The first-order valence-corrected chi connectivity index (χ1v) is 6.57. The van der Waals surface area contributed by atoms with Crippen LogP contribution in [0.1, 0.15) is 19.1 Å². The summed E-state index contributed by atoms with van der Waals surface area (Å²) in [4.78, 5) is 11.7. The Morgan fingerprint density at radius 3 is 3.05 bits per heavy atom. The van der Waals surface area contributed by atoms with E-state index >= 15 is 0 Å². The van der Waals surface area contributed by atoms with Gasteiger partial charge in [0, 0.05) is 37.5 Å². The van der Waals surface area contributed by atoms with Crippen molar-refractivity contribution < 1.29 is 9.32 Å². The molecule has 7 heteroatoms. The minimum Gasteiger partial charge on any atom is -0.360 e. The largest absolute Gasteiger partial charge is 0.360 e. The standard InChI is InChI=1S/C13H19N5O2/c1-10(9-18-7-3-5-15-18)14-6-4-13(19)16-12-8-11(2)20-17-12/h3,5,7-8,10,14H,4,6,9H2,1-2H3,(H,16,17,19). The first-order chi connectivity index (χ1) is 9.63. The Morgan fingerprint density at radius 1 is 1.55 bits per heavy atom. The van der Waals surface area contributed by atoms with Crippen LogP contribution in [0.15, 0.2) is 29.0 Å². The lowest BCUT2D eigenvalue weighted by molar-refractivity contribution is -0.116. The van der Waals surface area contributed by atoms with Gasteiger partial charge in [-0.15, -0.1) is 0 Å². The molecule has 0 fully saturated rings. The molecule has 2 aromatic rings. The zero-order valence-corrected chi connectivity index (χ0v) is 11.7. The molecule has 7 nitrogen and oxygen atoms in total. The van der Waals surface area contributed by atoms with Gasteiger partial charge >= 0.3 is 0 Å². The first-order valence-electron chi connectivity index (χ1n) is 6.57. The molecule has 0 bridgehead atoms. The molecule has 1 amide bonds. The van der Waals surface area contributed by atoms with Gasteiger partial charge in [-0.25, -0.2) is 0 Å². The maximum atomic E-state index is 11.7. The molecule has 0 aliphatic heterocycles. The molecule has 2 aromatic heterocycles. The average Bonchev–Trinajstić information content (AvgIpc) is 3.01. The van der Waals surface area contributed by atoms with Gasteiger partial charge < -0.3 is 15.2 Å². The molecule has 2 heterocycles. The molecule has 0 saturated carbocycles. The van der Waals surface area contributed by atoms with Gasteiger partial charge in [0.2, 0.25) is 5.91 Å². The van der Waals surface area contributed by atoms with Crippen molar-refractivity contribution in [3.63, 3.8) is 0 Å². The Morgan fingerprint density at radius 2 is 2.40 bits per heavy atom. The van der Waals surface area contributed by atoms with Gasteiger partial charge in [-0.3, -0.25) is 9.48 Å². The molecule has 1 unspecified atom stereocenters. The van der Waals surface area contributed by atoms with Crippen molar-refractivity contribution in [1.82, 2.24) is 20.3 Å². The number of aryl methyl sites for hydroxylation is 1. The van der Waals surface area contributed by atoms with Crippen LogP contribution in [0.25, 0.3) is 0 Å². The van der Waals surface area contributed by atoms with Crippen molar-refractivity contribution in [2.45, 2.75) is 32.9 Å². The second-order valence-electron chi connectivity index (χ2n) is 4.70. The van der Waals surface area contributed by atoms with E-state index in [1.165, 1.54) is 0 Å². The molecule has 1 atom stereocenters. The van der Waals surface area contributed by atoms with Crippen LogP contribution in [-0.2, 0) is 11.3 Å². The lowest BCUT2D eigenvalue weighted by Crippen LogP contribution is -2.33. The molecule has 2 N–H and O–H groups in total. The van der Waals surface area contributed by atoms with Crippen molar-refractivity contribution in [2.75, 3.05) is 11.9 Å². The van der Waals surface area contributed by atoms with Crippen LogP contribution in [0.5, 0.6) is 0 Å². The van der Waals surface area contributed by atoms with E-state index in [1.54, 1.807) is 19.2 Å². The number of hydrogen-bond donors (Lipinski definition) is 2. The van der Waals surface area contributed by atoms with Gasteiger partial charge in [0.15, 0.2) is 5.82 Å². The number of hydrogen-bond acceptors (Lipinski definition) is 5. The summed E-state index contributed by atoms with van der Waals surface area (Å²) in [6, 6.07) is 3.82. The Balaban J connectivity index is 1.63. The van der Waals surface area contributed by atoms with Crippen LogP contribution in [-0.4, -0.2) is 33.4 Å². The van der Waals surface area contributed by atoms with E-state index in [-0.39, 0.29) is 11.9 Å². The number of nitrogens with zero attached hydrogens (tertiary/aromatic N) is 3. The van der Waals surface area contributed by atoms with Crippen LogP contribution in [0.2, 0.25) is 0 Å². The quantitative estimate of drug-likeness (QED) is 0.794. The number of rotatable bonds is 7. The average molecular weight is 277 g/mol. The van der Waals surface area contributed by atoms with Crippen LogP contribution < -0.4 is 10.6 Å². The molecule has 0 saturated heterocycles. The van der Waals surface area contributed by atoms with Crippen molar-refractivity contribution in [1.29, 1.82) is 0 Å². The Kier molecular flexibility index (Phi) is 4.89. The maximum absolute atomic E-state index is 11.7. The number of carbonyl (C=O) groups is 1. The highest BCUT2D eigenvalue weighted by molar-refractivity contribution is 5.89. The minimum atomic E-state index is -0.0860. The zero-order valence-electron chi connectivity index (χ0n) is 11.7.